The number of halogens is 5. The van der Waals surface area contributed by atoms with Crippen LogP contribution in [0.4, 0.5) is 22.0 Å². The molecule has 0 saturated heterocycles. The molecule has 116 valence electrons. The molecule has 1 saturated carbocycles. The van der Waals surface area contributed by atoms with Crippen molar-refractivity contribution in [1.82, 2.24) is 0 Å². The Morgan fingerprint density at radius 2 is 1.70 bits per heavy atom. The fraction of sp³-hybridized carbons (Fsp3) is 0.769. The first kappa shape index (κ1) is 16.9. The molecule has 0 radical (unpaired) electrons. The Bertz CT molecular complexity index is 381. The molecule has 0 atom stereocenters. The minimum absolute atomic E-state index is 0.0962. The lowest BCUT2D eigenvalue weighted by Crippen LogP contribution is -2.40. The van der Waals surface area contributed by atoms with Crippen LogP contribution < -0.4 is 0 Å². The summed E-state index contributed by atoms with van der Waals surface area (Å²) in [7, 11) is 0. The average molecular weight is 300 g/mol. The van der Waals surface area contributed by atoms with Gasteiger partial charge in [-0.2, -0.15) is 22.0 Å². The highest BCUT2D eigenvalue weighted by atomic mass is 19.4. The number of ether oxygens (including phenoxy) is 1. The van der Waals surface area contributed by atoms with Crippen LogP contribution in [0, 0.1) is 0 Å². The average Bonchev–Trinajstić information content (AvgIpc) is 2.74. The summed E-state index contributed by atoms with van der Waals surface area (Å²) in [6, 6.07) is 0. The molecule has 20 heavy (non-hydrogen) atoms. The molecule has 0 spiro atoms. The van der Waals surface area contributed by atoms with Gasteiger partial charge in [-0.1, -0.05) is 6.58 Å². The zero-order valence-corrected chi connectivity index (χ0v) is 11.2. The maximum absolute atomic E-state index is 13.0. The van der Waals surface area contributed by atoms with E-state index in [4.69, 9.17) is 4.74 Å². The van der Waals surface area contributed by atoms with Crippen molar-refractivity contribution >= 4 is 5.97 Å². The lowest BCUT2D eigenvalue weighted by atomic mass is 9.93. The Labute approximate surface area is 114 Å². The number of carbonyl (C=O) groups is 1. The van der Waals surface area contributed by atoms with Crippen LogP contribution >= 0.6 is 0 Å². The molecule has 0 aromatic heterocycles. The predicted octanol–water partition coefficient (Wildman–Crippen LogP) is 4.40. The molecule has 0 aromatic rings. The monoisotopic (exact) mass is 300 g/mol. The number of hydrogen-bond donors (Lipinski definition) is 0. The third-order valence-corrected chi connectivity index (χ3v) is 3.48. The summed E-state index contributed by atoms with van der Waals surface area (Å²) >= 11 is 0. The summed E-state index contributed by atoms with van der Waals surface area (Å²) in [5.74, 6) is -5.51. The molecule has 0 unspecified atom stereocenters. The standard InChI is InChI=1S/C13H17F5O2/c1-9(2)10(19)20-11(5-3-4-6-11)7-8-12(14,15)13(16,17)18/h1,3-8H2,2H3. The Morgan fingerprint density at radius 3 is 2.10 bits per heavy atom. The molecule has 2 nitrogen and oxygen atoms in total. The lowest BCUT2D eigenvalue weighted by Gasteiger charge is -2.31. The number of rotatable bonds is 5. The Morgan fingerprint density at radius 1 is 1.20 bits per heavy atom. The van der Waals surface area contributed by atoms with Crippen LogP contribution in [-0.4, -0.2) is 23.7 Å². The van der Waals surface area contributed by atoms with Gasteiger partial charge in [-0.05, 0) is 39.0 Å². The van der Waals surface area contributed by atoms with Crippen molar-refractivity contribution in [3.05, 3.63) is 12.2 Å². The number of alkyl halides is 5. The van der Waals surface area contributed by atoms with Gasteiger partial charge in [-0.15, -0.1) is 0 Å². The minimum Gasteiger partial charge on any atom is -0.456 e. The van der Waals surface area contributed by atoms with Crippen LogP contribution in [0.2, 0.25) is 0 Å². The molecule has 1 aliphatic carbocycles. The fourth-order valence-electron chi connectivity index (χ4n) is 2.23. The maximum atomic E-state index is 13.0. The first-order valence-electron chi connectivity index (χ1n) is 6.33. The van der Waals surface area contributed by atoms with Gasteiger partial charge in [0.1, 0.15) is 5.60 Å². The van der Waals surface area contributed by atoms with Crippen molar-refractivity contribution in [2.75, 3.05) is 0 Å². The van der Waals surface area contributed by atoms with Gasteiger partial charge < -0.3 is 4.74 Å². The number of hydrogen-bond acceptors (Lipinski definition) is 2. The van der Waals surface area contributed by atoms with E-state index in [1.807, 2.05) is 0 Å². The molecule has 1 aliphatic rings. The SMILES string of the molecule is C=C(C)C(=O)OC1(CCC(F)(F)C(F)(F)F)CCCC1. The Kier molecular flexibility index (Phi) is 4.82. The van der Waals surface area contributed by atoms with Gasteiger partial charge in [0.15, 0.2) is 0 Å². The third-order valence-electron chi connectivity index (χ3n) is 3.48. The molecule has 0 amide bonds. The molecule has 0 aliphatic heterocycles. The van der Waals surface area contributed by atoms with Crippen LogP contribution in [0.15, 0.2) is 12.2 Å². The third kappa shape index (κ3) is 3.93. The van der Waals surface area contributed by atoms with Crippen molar-refractivity contribution < 1.29 is 31.5 Å². The largest absolute Gasteiger partial charge is 0.456 e. The van der Waals surface area contributed by atoms with Gasteiger partial charge >= 0.3 is 18.1 Å². The van der Waals surface area contributed by atoms with E-state index in [0.29, 0.717) is 25.7 Å². The zero-order chi connectivity index (χ0) is 15.6. The summed E-state index contributed by atoms with van der Waals surface area (Å²) < 4.78 is 67.5. The van der Waals surface area contributed by atoms with Gasteiger partial charge in [0, 0.05) is 12.0 Å². The van der Waals surface area contributed by atoms with E-state index in [-0.39, 0.29) is 5.57 Å². The second-order valence-corrected chi connectivity index (χ2v) is 5.26. The summed E-state index contributed by atoms with van der Waals surface area (Å²) in [4.78, 5) is 11.5. The fourth-order valence-corrected chi connectivity index (χ4v) is 2.23. The molecule has 1 rings (SSSR count). The van der Waals surface area contributed by atoms with Crippen LogP contribution in [0.1, 0.15) is 45.4 Å². The van der Waals surface area contributed by atoms with Crippen LogP contribution in [0.5, 0.6) is 0 Å². The molecule has 7 heteroatoms. The van der Waals surface area contributed by atoms with E-state index in [1.165, 1.54) is 6.92 Å². The number of carbonyl (C=O) groups excluding carboxylic acids is 1. The second kappa shape index (κ2) is 5.69. The maximum Gasteiger partial charge on any atom is 0.453 e. The van der Waals surface area contributed by atoms with E-state index in [0.717, 1.165) is 0 Å². The topological polar surface area (TPSA) is 26.3 Å². The van der Waals surface area contributed by atoms with Crippen LogP contribution in [0.25, 0.3) is 0 Å². The van der Waals surface area contributed by atoms with Gasteiger partial charge in [-0.3, -0.25) is 0 Å². The highest BCUT2D eigenvalue weighted by Gasteiger charge is 2.58. The molecule has 0 aromatic carbocycles. The summed E-state index contributed by atoms with van der Waals surface area (Å²) in [6.45, 7) is 4.77. The molecule has 0 N–H and O–H groups in total. The second-order valence-electron chi connectivity index (χ2n) is 5.26. The van der Waals surface area contributed by atoms with Crippen molar-refractivity contribution in [2.24, 2.45) is 0 Å². The molecular formula is C13H17F5O2. The van der Waals surface area contributed by atoms with E-state index < -0.39 is 36.5 Å². The first-order valence-corrected chi connectivity index (χ1v) is 6.33. The molecule has 0 bridgehead atoms. The van der Waals surface area contributed by atoms with Crippen molar-refractivity contribution in [1.29, 1.82) is 0 Å². The molecule has 1 fully saturated rings. The zero-order valence-electron chi connectivity index (χ0n) is 11.2. The predicted molar refractivity (Wildman–Crippen MR) is 62.3 cm³/mol. The quantitative estimate of drug-likeness (QED) is 0.427. The molecule has 0 heterocycles. The van der Waals surface area contributed by atoms with E-state index in [1.54, 1.807) is 0 Å². The van der Waals surface area contributed by atoms with Crippen LogP contribution in [-0.2, 0) is 9.53 Å². The minimum atomic E-state index is -5.58. The van der Waals surface area contributed by atoms with E-state index in [2.05, 4.69) is 6.58 Å². The highest BCUT2D eigenvalue weighted by molar-refractivity contribution is 5.87. The lowest BCUT2D eigenvalue weighted by molar-refractivity contribution is -0.287. The van der Waals surface area contributed by atoms with Crippen molar-refractivity contribution in [3.8, 4) is 0 Å². The van der Waals surface area contributed by atoms with Gasteiger partial charge in [0.2, 0.25) is 0 Å². The molecular weight excluding hydrogens is 283 g/mol. The number of esters is 1. The summed E-state index contributed by atoms with van der Waals surface area (Å²) in [5.41, 5.74) is -1.12. The van der Waals surface area contributed by atoms with Crippen molar-refractivity contribution in [2.45, 2.75) is 63.1 Å². The first-order chi connectivity index (χ1) is 8.99. The smallest absolute Gasteiger partial charge is 0.453 e. The van der Waals surface area contributed by atoms with Crippen LogP contribution in [0.3, 0.4) is 0 Å². The van der Waals surface area contributed by atoms with Gasteiger partial charge in [-0.25, -0.2) is 4.79 Å². The van der Waals surface area contributed by atoms with Crippen molar-refractivity contribution in [3.63, 3.8) is 0 Å². The van der Waals surface area contributed by atoms with Gasteiger partial charge in [0.25, 0.3) is 0 Å². The van der Waals surface area contributed by atoms with E-state index in [9.17, 15) is 26.7 Å². The Hall–Kier alpha value is -1.14. The summed E-state index contributed by atoms with van der Waals surface area (Å²) in [6.07, 6.45) is -5.56. The Balaban J connectivity index is 2.74. The van der Waals surface area contributed by atoms with Gasteiger partial charge in [0.05, 0.1) is 0 Å². The summed E-state index contributed by atoms with van der Waals surface area (Å²) in [5, 5.41) is 0. The normalized spacial score (nSPS) is 18.9. The highest BCUT2D eigenvalue weighted by Crippen LogP contribution is 2.44. The van der Waals surface area contributed by atoms with E-state index >= 15 is 0 Å².